The third-order valence-corrected chi connectivity index (χ3v) is 3.66. The molecule has 0 aliphatic heterocycles. The summed E-state index contributed by atoms with van der Waals surface area (Å²) in [6, 6.07) is 0. The fourth-order valence-electron chi connectivity index (χ4n) is 0. The predicted molar refractivity (Wildman–Crippen MR) is 33.4 cm³/mol. The molecule has 0 aromatic heterocycles. The molecule has 1 nitrogen and oxygen atoms in total. The Labute approximate surface area is 47.1 Å². The molecule has 2 heteroatoms. The second-order valence-corrected chi connectivity index (χ2v) is 6.02. The first-order chi connectivity index (χ1) is 2.94. The van der Waals surface area contributed by atoms with Gasteiger partial charge in [0.1, 0.15) is 0 Å². The standard InChI is InChI=1S/C5H13OSi/c1-5(2,3)7(4)6/h7H,1-4H3. The molecule has 0 aromatic carbocycles. The molecule has 0 aliphatic rings. The van der Waals surface area contributed by atoms with Gasteiger partial charge >= 0.3 is 0 Å². The number of rotatable bonds is 0. The van der Waals surface area contributed by atoms with E-state index < -0.39 is 9.04 Å². The summed E-state index contributed by atoms with van der Waals surface area (Å²) in [4.78, 5) is 10.7. The van der Waals surface area contributed by atoms with Crippen molar-refractivity contribution >= 4 is 9.04 Å². The molecule has 7 heavy (non-hydrogen) atoms. The molecule has 0 N–H and O–H groups in total. The summed E-state index contributed by atoms with van der Waals surface area (Å²) < 4.78 is 0. The fraction of sp³-hybridized carbons (Fsp3) is 1.00. The Balaban J connectivity index is 3.54. The summed E-state index contributed by atoms with van der Waals surface area (Å²) in [6.07, 6.45) is 0. The van der Waals surface area contributed by atoms with Gasteiger partial charge in [0.15, 0.2) is 0 Å². The highest BCUT2D eigenvalue weighted by Crippen LogP contribution is 2.24. The lowest BCUT2D eigenvalue weighted by Gasteiger charge is -2.17. The molecular formula is C5H13OSi. The highest BCUT2D eigenvalue weighted by molar-refractivity contribution is 6.51. The first-order valence-corrected chi connectivity index (χ1v) is 4.81. The van der Waals surface area contributed by atoms with Gasteiger partial charge in [0.25, 0.3) is 0 Å². The van der Waals surface area contributed by atoms with Crippen LogP contribution in [0.5, 0.6) is 0 Å². The Hall–Kier alpha value is 0.177. The second-order valence-electron chi connectivity index (χ2n) is 3.01. The molecule has 0 aliphatic carbocycles. The van der Waals surface area contributed by atoms with E-state index in [-0.39, 0.29) is 5.04 Å². The average molecular weight is 117 g/mol. The zero-order chi connectivity index (χ0) is 6.08. The van der Waals surface area contributed by atoms with Gasteiger partial charge in [-0.1, -0.05) is 20.8 Å². The summed E-state index contributed by atoms with van der Waals surface area (Å²) in [6.45, 7) is 7.87. The van der Waals surface area contributed by atoms with Gasteiger partial charge in [0.2, 0.25) is 9.04 Å². The number of hydrogen-bond donors (Lipinski definition) is 0. The first kappa shape index (κ1) is 7.18. The molecule has 43 valence electrons. The highest BCUT2D eigenvalue weighted by Gasteiger charge is 2.20. The van der Waals surface area contributed by atoms with Crippen molar-refractivity contribution in [1.82, 2.24) is 0 Å². The Morgan fingerprint density at radius 3 is 1.43 bits per heavy atom. The third kappa shape index (κ3) is 2.82. The molecule has 0 aromatic rings. The van der Waals surface area contributed by atoms with Gasteiger partial charge in [0.05, 0.1) is 0 Å². The van der Waals surface area contributed by atoms with E-state index in [9.17, 15) is 4.80 Å². The Bertz CT molecular complexity index is 53.6. The van der Waals surface area contributed by atoms with Crippen LogP contribution in [0.25, 0.3) is 0 Å². The minimum absolute atomic E-state index is 0.0833. The van der Waals surface area contributed by atoms with Crippen molar-refractivity contribution < 1.29 is 4.80 Å². The van der Waals surface area contributed by atoms with E-state index in [1.807, 2.05) is 27.3 Å². The van der Waals surface area contributed by atoms with Crippen molar-refractivity contribution in [3.8, 4) is 0 Å². The van der Waals surface area contributed by atoms with Gasteiger partial charge in [-0.3, -0.25) is 0 Å². The molecule has 1 radical (unpaired) electrons. The van der Waals surface area contributed by atoms with Crippen LogP contribution in [-0.4, -0.2) is 9.04 Å². The Kier molecular flexibility index (Phi) is 2.02. The molecule has 0 bridgehead atoms. The maximum Gasteiger partial charge on any atom is 0.224 e. The first-order valence-electron chi connectivity index (χ1n) is 2.60. The van der Waals surface area contributed by atoms with E-state index in [4.69, 9.17) is 0 Å². The zero-order valence-corrected chi connectivity index (χ0v) is 6.64. The summed E-state index contributed by atoms with van der Waals surface area (Å²) in [5.74, 6) is 0. The van der Waals surface area contributed by atoms with Crippen LogP contribution in [0.4, 0.5) is 0 Å². The molecular weight excluding hydrogens is 104 g/mol. The smallest absolute Gasteiger partial charge is 0.224 e. The molecule has 1 atom stereocenters. The molecule has 0 saturated heterocycles. The van der Waals surface area contributed by atoms with E-state index in [0.29, 0.717) is 0 Å². The lowest BCUT2D eigenvalue weighted by Crippen LogP contribution is -2.18. The topological polar surface area (TPSA) is 19.9 Å². The lowest BCUT2D eigenvalue weighted by atomic mass is 10.3. The average Bonchev–Trinajstić information content (AvgIpc) is 1.31. The fourth-order valence-corrected chi connectivity index (χ4v) is 0. The van der Waals surface area contributed by atoms with Crippen molar-refractivity contribution in [2.45, 2.75) is 32.4 Å². The van der Waals surface area contributed by atoms with Crippen molar-refractivity contribution in [2.24, 2.45) is 0 Å². The van der Waals surface area contributed by atoms with E-state index in [0.717, 1.165) is 0 Å². The van der Waals surface area contributed by atoms with Gasteiger partial charge in [-0.15, -0.1) is 0 Å². The zero-order valence-electron chi connectivity index (χ0n) is 5.49. The molecule has 0 fully saturated rings. The Morgan fingerprint density at radius 1 is 1.29 bits per heavy atom. The van der Waals surface area contributed by atoms with Crippen LogP contribution in [0.2, 0.25) is 11.6 Å². The van der Waals surface area contributed by atoms with Crippen molar-refractivity contribution in [3.63, 3.8) is 0 Å². The van der Waals surface area contributed by atoms with Gasteiger partial charge in [-0.25, -0.2) is 0 Å². The molecule has 0 spiro atoms. The summed E-state index contributed by atoms with van der Waals surface area (Å²) >= 11 is 0. The van der Waals surface area contributed by atoms with Crippen molar-refractivity contribution in [1.29, 1.82) is 0 Å². The van der Waals surface area contributed by atoms with Crippen LogP contribution >= 0.6 is 0 Å². The van der Waals surface area contributed by atoms with E-state index in [1.54, 1.807) is 0 Å². The second kappa shape index (κ2) is 1.97. The van der Waals surface area contributed by atoms with Gasteiger partial charge < -0.3 is 4.80 Å². The third-order valence-electron chi connectivity index (χ3n) is 1.22. The van der Waals surface area contributed by atoms with Gasteiger partial charge in [0, 0.05) is 0 Å². The highest BCUT2D eigenvalue weighted by atomic mass is 28.3. The maximum absolute atomic E-state index is 10.7. The minimum atomic E-state index is -1.61. The van der Waals surface area contributed by atoms with Crippen LogP contribution in [0, 0.1) is 0 Å². The molecule has 1 unspecified atom stereocenters. The van der Waals surface area contributed by atoms with Gasteiger partial charge in [-0.2, -0.15) is 0 Å². The lowest BCUT2D eigenvalue weighted by molar-refractivity contribution is 0.417. The van der Waals surface area contributed by atoms with Crippen LogP contribution in [0.3, 0.4) is 0 Å². The van der Waals surface area contributed by atoms with Crippen LogP contribution < -0.4 is 0 Å². The molecule has 0 amide bonds. The van der Waals surface area contributed by atoms with Crippen molar-refractivity contribution in [3.05, 3.63) is 0 Å². The van der Waals surface area contributed by atoms with Crippen molar-refractivity contribution in [2.75, 3.05) is 0 Å². The predicted octanol–water partition coefficient (Wildman–Crippen LogP) is 1.57. The monoisotopic (exact) mass is 117 g/mol. The summed E-state index contributed by atoms with van der Waals surface area (Å²) in [5.41, 5.74) is 0. The maximum atomic E-state index is 10.7. The van der Waals surface area contributed by atoms with Gasteiger partial charge in [-0.05, 0) is 11.6 Å². The molecule has 0 rings (SSSR count). The SMILES string of the molecule is C[SiH]([O])C(C)(C)C. The summed E-state index contributed by atoms with van der Waals surface area (Å²) in [5, 5.41) is 0.0833. The van der Waals surface area contributed by atoms with E-state index >= 15 is 0 Å². The molecule has 0 saturated carbocycles. The molecule has 0 heterocycles. The Morgan fingerprint density at radius 2 is 1.43 bits per heavy atom. The quantitative estimate of drug-likeness (QED) is 0.429. The van der Waals surface area contributed by atoms with Crippen LogP contribution in [0.1, 0.15) is 20.8 Å². The van der Waals surface area contributed by atoms with E-state index in [1.165, 1.54) is 0 Å². The van der Waals surface area contributed by atoms with Crippen LogP contribution in [-0.2, 0) is 4.80 Å². The normalized spacial score (nSPS) is 16.7. The summed E-state index contributed by atoms with van der Waals surface area (Å²) in [7, 11) is -1.61. The largest absolute Gasteiger partial charge is 0.301 e. The number of hydrogen-bond acceptors (Lipinski definition) is 0. The van der Waals surface area contributed by atoms with Crippen LogP contribution in [0.15, 0.2) is 0 Å². The van der Waals surface area contributed by atoms with E-state index in [2.05, 4.69) is 0 Å². The minimum Gasteiger partial charge on any atom is -0.301 e.